The molecule has 0 saturated heterocycles. The van der Waals surface area contributed by atoms with Crippen molar-refractivity contribution >= 4 is 16.0 Å². The zero-order chi connectivity index (χ0) is 18.5. The van der Waals surface area contributed by atoms with Gasteiger partial charge in [0.2, 0.25) is 10.0 Å². The van der Waals surface area contributed by atoms with E-state index in [0.717, 1.165) is 12.8 Å². The molecule has 0 atom stereocenters. The number of hydrogen-bond donors (Lipinski definition) is 3. The molecule has 1 aromatic rings. The Hall–Kier alpha value is -1.60. The first-order valence-corrected chi connectivity index (χ1v) is 10.3. The molecule has 25 heavy (non-hydrogen) atoms. The van der Waals surface area contributed by atoms with Crippen molar-refractivity contribution in [2.24, 2.45) is 10.7 Å². The molecule has 7 heteroatoms. The van der Waals surface area contributed by atoms with Crippen LogP contribution in [0, 0.1) is 0 Å². The molecule has 0 spiro atoms. The van der Waals surface area contributed by atoms with Crippen molar-refractivity contribution < 1.29 is 8.42 Å². The van der Waals surface area contributed by atoms with Crippen LogP contribution < -0.4 is 15.8 Å². The summed E-state index contributed by atoms with van der Waals surface area (Å²) in [5.74, 6) is 0.378. The smallest absolute Gasteiger partial charge is 0.241 e. The summed E-state index contributed by atoms with van der Waals surface area (Å²) < 4.78 is 27.9. The zero-order valence-corrected chi connectivity index (χ0v) is 16.2. The van der Waals surface area contributed by atoms with Crippen LogP contribution in [-0.2, 0) is 16.6 Å². The molecule has 6 nitrogen and oxygen atoms in total. The van der Waals surface area contributed by atoms with Crippen LogP contribution in [0.4, 0.5) is 0 Å². The highest BCUT2D eigenvalue weighted by atomic mass is 32.2. The number of nitrogens with zero attached hydrogens (tertiary/aromatic N) is 1. The number of hydrogen-bond acceptors (Lipinski definition) is 3. The van der Waals surface area contributed by atoms with Crippen LogP contribution in [0.5, 0.6) is 0 Å². The lowest BCUT2D eigenvalue weighted by Crippen LogP contribution is -2.41. The minimum Gasteiger partial charge on any atom is -0.370 e. The number of guanidine groups is 1. The second-order valence-electron chi connectivity index (χ2n) is 7.64. The SMILES string of the molecule is CC(C)(C)NS(=O)(=O)c1ccccc1CN=C(N)NC1CCCCC1. The van der Waals surface area contributed by atoms with Gasteiger partial charge in [0.25, 0.3) is 0 Å². The van der Waals surface area contributed by atoms with Crippen molar-refractivity contribution in [3.05, 3.63) is 29.8 Å². The molecule has 0 amide bonds. The maximum Gasteiger partial charge on any atom is 0.241 e. The quantitative estimate of drug-likeness (QED) is 0.551. The third kappa shape index (κ3) is 6.32. The third-order valence-corrected chi connectivity index (χ3v) is 5.94. The molecule has 0 heterocycles. The first kappa shape index (κ1) is 19.7. The standard InChI is InChI=1S/C18H30N4O2S/c1-18(2,3)22-25(23,24)16-12-8-7-9-14(16)13-20-17(19)21-15-10-5-4-6-11-15/h7-9,12,15,22H,4-6,10-11,13H2,1-3H3,(H3,19,20,21). The van der Waals surface area contributed by atoms with Crippen molar-refractivity contribution in [3.63, 3.8) is 0 Å². The summed E-state index contributed by atoms with van der Waals surface area (Å²) in [5.41, 5.74) is 6.07. The number of sulfonamides is 1. The summed E-state index contributed by atoms with van der Waals surface area (Å²) in [4.78, 5) is 4.60. The molecule has 140 valence electrons. The maximum atomic E-state index is 12.6. The molecule has 4 N–H and O–H groups in total. The van der Waals surface area contributed by atoms with Gasteiger partial charge in [-0.25, -0.2) is 18.1 Å². The lowest BCUT2D eigenvalue weighted by atomic mass is 9.96. The van der Waals surface area contributed by atoms with E-state index < -0.39 is 15.6 Å². The number of aliphatic imine (C=N–C) groups is 1. The Morgan fingerprint density at radius 3 is 2.48 bits per heavy atom. The number of benzene rings is 1. The van der Waals surface area contributed by atoms with Crippen LogP contribution in [0.3, 0.4) is 0 Å². The Labute approximate surface area is 151 Å². The molecular weight excluding hydrogens is 336 g/mol. The molecule has 0 aromatic heterocycles. The summed E-state index contributed by atoms with van der Waals surface area (Å²) in [7, 11) is -3.60. The molecule has 0 bridgehead atoms. The largest absolute Gasteiger partial charge is 0.370 e. The van der Waals surface area contributed by atoms with E-state index in [9.17, 15) is 8.42 Å². The van der Waals surface area contributed by atoms with Crippen molar-refractivity contribution in [2.45, 2.75) is 75.9 Å². The van der Waals surface area contributed by atoms with Gasteiger partial charge in [-0.1, -0.05) is 37.5 Å². The van der Waals surface area contributed by atoms with Gasteiger partial charge in [-0.3, -0.25) is 0 Å². The molecule has 1 fully saturated rings. The lowest BCUT2D eigenvalue weighted by Gasteiger charge is -2.23. The summed E-state index contributed by atoms with van der Waals surface area (Å²) in [6.45, 7) is 5.68. The van der Waals surface area contributed by atoms with Gasteiger partial charge in [0.15, 0.2) is 5.96 Å². The summed E-state index contributed by atoms with van der Waals surface area (Å²) in [6.07, 6.45) is 5.92. The van der Waals surface area contributed by atoms with E-state index in [2.05, 4.69) is 15.0 Å². The topological polar surface area (TPSA) is 96.6 Å². The van der Waals surface area contributed by atoms with E-state index in [0.29, 0.717) is 17.6 Å². The summed E-state index contributed by atoms with van der Waals surface area (Å²) in [5, 5.41) is 3.25. The molecule has 1 saturated carbocycles. The van der Waals surface area contributed by atoms with Crippen molar-refractivity contribution in [2.75, 3.05) is 0 Å². The number of nitrogens with one attached hydrogen (secondary N) is 2. The van der Waals surface area contributed by atoms with Crippen LogP contribution in [-0.4, -0.2) is 26.0 Å². The first-order valence-electron chi connectivity index (χ1n) is 8.86. The third-order valence-electron chi connectivity index (χ3n) is 4.08. The summed E-state index contributed by atoms with van der Waals surface area (Å²) in [6, 6.07) is 7.27. The van der Waals surface area contributed by atoms with Gasteiger partial charge < -0.3 is 11.1 Å². The van der Waals surface area contributed by atoms with Gasteiger partial charge in [0.05, 0.1) is 11.4 Å². The van der Waals surface area contributed by atoms with Crippen molar-refractivity contribution in [3.8, 4) is 0 Å². The first-order chi connectivity index (χ1) is 11.7. The molecule has 0 radical (unpaired) electrons. The van der Waals surface area contributed by atoms with Gasteiger partial charge in [0, 0.05) is 11.6 Å². The minimum atomic E-state index is -3.60. The van der Waals surface area contributed by atoms with Gasteiger partial charge in [-0.15, -0.1) is 0 Å². The van der Waals surface area contributed by atoms with Crippen molar-refractivity contribution in [1.29, 1.82) is 0 Å². The monoisotopic (exact) mass is 366 g/mol. The number of nitrogens with two attached hydrogens (primary N) is 1. The predicted octanol–water partition coefficient (Wildman–Crippen LogP) is 2.50. The second kappa shape index (κ2) is 8.19. The van der Waals surface area contributed by atoms with E-state index in [1.807, 2.05) is 26.8 Å². The Morgan fingerprint density at radius 1 is 1.20 bits per heavy atom. The molecule has 1 aliphatic rings. The molecule has 1 aromatic carbocycles. The Bertz CT molecular complexity index is 702. The Kier molecular flexibility index (Phi) is 6.46. The highest BCUT2D eigenvalue weighted by molar-refractivity contribution is 7.89. The van der Waals surface area contributed by atoms with Gasteiger partial charge >= 0.3 is 0 Å². The molecule has 2 rings (SSSR count). The average molecular weight is 367 g/mol. The predicted molar refractivity (Wildman–Crippen MR) is 102 cm³/mol. The van der Waals surface area contributed by atoms with Crippen LogP contribution in [0.15, 0.2) is 34.2 Å². The Balaban J connectivity index is 2.11. The van der Waals surface area contributed by atoms with Crippen LogP contribution in [0.2, 0.25) is 0 Å². The number of rotatable bonds is 5. The van der Waals surface area contributed by atoms with Gasteiger partial charge in [0.1, 0.15) is 0 Å². The highest BCUT2D eigenvalue weighted by Gasteiger charge is 2.24. The second-order valence-corrected chi connectivity index (χ2v) is 9.29. The zero-order valence-electron chi connectivity index (χ0n) is 15.4. The van der Waals surface area contributed by atoms with E-state index >= 15 is 0 Å². The highest BCUT2D eigenvalue weighted by Crippen LogP contribution is 2.19. The Morgan fingerprint density at radius 2 is 1.84 bits per heavy atom. The van der Waals surface area contributed by atoms with E-state index in [4.69, 9.17) is 5.73 Å². The fraction of sp³-hybridized carbons (Fsp3) is 0.611. The minimum absolute atomic E-state index is 0.229. The fourth-order valence-corrected chi connectivity index (χ4v) is 4.68. The fourth-order valence-electron chi connectivity index (χ4n) is 3.03. The average Bonchev–Trinajstić information content (AvgIpc) is 2.52. The normalized spacial score (nSPS) is 17.5. The van der Waals surface area contributed by atoms with E-state index in [1.54, 1.807) is 18.2 Å². The van der Waals surface area contributed by atoms with Crippen LogP contribution >= 0.6 is 0 Å². The maximum absolute atomic E-state index is 12.6. The van der Waals surface area contributed by atoms with Crippen LogP contribution in [0.25, 0.3) is 0 Å². The molecule has 0 aliphatic heterocycles. The molecule has 0 unspecified atom stereocenters. The van der Waals surface area contributed by atoms with Crippen LogP contribution in [0.1, 0.15) is 58.4 Å². The van der Waals surface area contributed by atoms with E-state index in [-0.39, 0.29) is 11.4 Å². The molecular formula is C18H30N4O2S. The van der Waals surface area contributed by atoms with Gasteiger partial charge in [-0.05, 0) is 45.2 Å². The van der Waals surface area contributed by atoms with Crippen molar-refractivity contribution in [1.82, 2.24) is 10.0 Å². The summed E-state index contributed by atoms with van der Waals surface area (Å²) >= 11 is 0. The lowest BCUT2D eigenvalue weighted by molar-refractivity contribution is 0.412. The van der Waals surface area contributed by atoms with Gasteiger partial charge in [-0.2, -0.15) is 0 Å². The van der Waals surface area contributed by atoms with E-state index in [1.165, 1.54) is 19.3 Å². The molecule has 1 aliphatic carbocycles.